The van der Waals surface area contributed by atoms with Crippen LogP contribution in [0.15, 0.2) is 53.4 Å². The number of esters is 1. The molecule has 2 aromatic carbocycles. The summed E-state index contributed by atoms with van der Waals surface area (Å²) >= 11 is 0. The van der Waals surface area contributed by atoms with Crippen LogP contribution in [0.5, 0.6) is 5.75 Å². The van der Waals surface area contributed by atoms with Gasteiger partial charge in [-0.2, -0.15) is 8.42 Å². The van der Waals surface area contributed by atoms with Crippen molar-refractivity contribution >= 4 is 27.9 Å². The number of carbonyl (C=O) groups is 3. The highest BCUT2D eigenvalue weighted by atomic mass is 32.2. The molecule has 0 bridgehead atoms. The fourth-order valence-corrected chi connectivity index (χ4v) is 3.47. The van der Waals surface area contributed by atoms with Gasteiger partial charge in [-0.1, -0.05) is 24.3 Å². The molecule has 140 valence electrons. The van der Waals surface area contributed by atoms with Crippen molar-refractivity contribution in [2.45, 2.75) is 24.3 Å². The molecule has 0 fully saturated rings. The lowest BCUT2D eigenvalue weighted by molar-refractivity contribution is -0.135. The summed E-state index contributed by atoms with van der Waals surface area (Å²) in [5.74, 6) is -2.20. The van der Waals surface area contributed by atoms with Crippen molar-refractivity contribution in [3.63, 3.8) is 0 Å². The van der Waals surface area contributed by atoms with Gasteiger partial charge in [0.1, 0.15) is 4.90 Å². The molecule has 0 saturated heterocycles. The Morgan fingerprint density at radius 1 is 1.04 bits per heavy atom. The van der Waals surface area contributed by atoms with Crippen LogP contribution in [0.1, 0.15) is 34.1 Å². The van der Waals surface area contributed by atoms with Gasteiger partial charge >= 0.3 is 5.97 Å². The average Bonchev–Trinajstić information content (AvgIpc) is 2.86. The van der Waals surface area contributed by atoms with Gasteiger partial charge < -0.3 is 4.74 Å². The number of benzene rings is 2. The summed E-state index contributed by atoms with van der Waals surface area (Å²) in [6.45, 7) is 1.51. The third-order valence-electron chi connectivity index (χ3n) is 4.08. The number of hydrogen-bond acceptors (Lipinski definition) is 6. The minimum absolute atomic E-state index is 0.263. The smallest absolute Gasteiger partial charge is 0.313 e. The largest absolute Gasteiger partial charge is 0.425 e. The average molecular weight is 389 g/mol. The van der Waals surface area contributed by atoms with E-state index >= 15 is 0 Å². The van der Waals surface area contributed by atoms with Crippen LogP contribution < -0.4 is 4.74 Å². The second kappa shape index (κ2) is 6.93. The maximum Gasteiger partial charge on any atom is 0.313 e. The summed E-state index contributed by atoms with van der Waals surface area (Å²) in [4.78, 5) is 37.4. The van der Waals surface area contributed by atoms with Crippen LogP contribution in [0.25, 0.3) is 0 Å². The highest BCUT2D eigenvalue weighted by Crippen LogP contribution is 2.27. The Hall–Kier alpha value is -3.04. The van der Waals surface area contributed by atoms with Crippen LogP contribution in [-0.2, 0) is 14.9 Å². The van der Waals surface area contributed by atoms with Gasteiger partial charge in [-0.3, -0.25) is 23.8 Å². The SMILES string of the molecule is CC(CC(=O)Oc1ccccc1S(=O)(=O)O)N1C(=O)c2ccccc2C1=O. The van der Waals surface area contributed by atoms with Crippen LogP contribution in [0.2, 0.25) is 0 Å². The molecule has 8 nitrogen and oxygen atoms in total. The second-order valence-electron chi connectivity index (χ2n) is 5.97. The predicted octanol–water partition coefficient (Wildman–Crippen LogP) is 1.91. The molecule has 1 aliphatic rings. The lowest BCUT2D eigenvalue weighted by Gasteiger charge is -2.21. The summed E-state index contributed by atoms with van der Waals surface area (Å²) < 4.78 is 36.9. The van der Waals surface area contributed by atoms with Crippen LogP contribution in [0.4, 0.5) is 0 Å². The highest BCUT2D eigenvalue weighted by Gasteiger charge is 2.39. The van der Waals surface area contributed by atoms with Gasteiger partial charge in [0.2, 0.25) is 0 Å². The van der Waals surface area contributed by atoms with Crippen LogP contribution >= 0.6 is 0 Å². The zero-order chi connectivity index (χ0) is 19.8. The van der Waals surface area contributed by atoms with Gasteiger partial charge in [-0.15, -0.1) is 0 Å². The minimum atomic E-state index is -4.57. The van der Waals surface area contributed by atoms with Crippen molar-refractivity contribution in [3.05, 3.63) is 59.7 Å². The van der Waals surface area contributed by atoms with Gasteiger partial charge in [-0.25, -0.2) is 0 Å². The summed E-state index contributed by atoms with van der Waals surface area (Å²) in [5.41, 5.74) is 0.527. The van der Waals surface area contributed by atoms with E-state index in [-0.39, 0.29) is 23.3 Å². The molecular weight excluding hydrogens is 374 g/mol. The van der Waals surface area contributed by atoms with Crippen LogP contribution in [0, 0.1) is 0 Å². The fraction of sp³-hybridized carbons (Fsp3) is 0.167. The number of ether oxygens (including phenoxy) is 1. The van der Waals surface area contributed by atoms with E-state index in [1.54, 1.807) is 12.1 Å². The third kappa shape index (κ3) is 3.60. The van der Waals surface area contributed by atoms with Gasteiger partial charge in [0.15, 0.2) is 5.75 Å². The molecule has 1 atom stereocenters. The number of amides is 2. The maximum atomic E-state index is 12.4. The van der Waals surface area contributed by atoms with Crippen molar-refractivity contribution in [2.24, 2.45) is 0 Å². The van der Waals surface area contributed by atoms with Gasteiger partial charge in [0, 0.05) is 6.04 Å². The lowest BCUT2D eigenvalue weighted by atomic mass is 10.1. The van der Waals surface area contributed by atoms with Crippen molar-refractivity contribution in [1.29, 1.82) is 0 Å². The minimum Gasteiger partial charge on any atom is -0.425 e. The van der Waals surface area contributed by atoms with Gasteiger partial charge in [0.05, 0.1) is 17.5 Å². The Kier molecular flexibility index (Phi) is 4.81. The zero-order valence-corrected chi connectivity index (χ0v) is 15.0. The van der Waals surface area contributed by atoms with E-state index in [2.05, 4.69) is 0 Å². The first-order valence-electron chi connectivity index (χ1n) is 7.94. The molecule has 0 aliphatic carbocycles. The summed E-state index contributed by atoms with van der Waals surface area (Å²) in [7, 11) is -4.57. The number of para-hydroxylation sites is 1. The van der Waals surface area contributed by atoms with Crippen LogP contribution in [-0.4, -0.2) is 41.7 Å². The Morgan fingerprint density at radius 2 is 1.56 bits per heavy atom. The molecule has 27 heavy (non-hydrogen) atoms. The molecule has 3 rings (SSSR count). The first-order chi connectivity index (χ1) is 12.7. The van der Waals surface area contributed by atoms with Crippen molar-refractivity contribution in [1.82, 2.24) is 4.90 Å². The molecule has 1 aliphatic heterocycles. The summed E-state index contributed by atoms with van der Waals surface area (Å²) in [5, 5.41) is 0. The first-order valence-corrected chi connectivity index (χ1v) is 9.38. The summed E-state index contributed by atoms with van der Waals surface area (Å²) in [6.07, 6.45) is -0.342. The molecular formula is C18H15NO7S. The van der Waals surface area contributed by atoms with Gasteiger partial charge in [0.25, 0.3) is 21.9 Å². The molecule has 0 aromatic heterocycles. The van der Waals surface area contributed by atoms with Crippen LogP contribution in [0.3, 0.4) is 0 Å². The normalized spacial score (nSPS) is 14.8. The molecule has 1 heterocycles. The standard InChI is InChI=1S/C18H15NO7S/c1-11(19-17(21)12-6-2-3-7-13(12)18(19)22)10-16(20)26-14-8-4-5-9-15(14)27(23,24)25/h2-9,11H,10H2,1H3,(H,23,24,25). The van der Waals surface area contributed by atoms with E-state index < -0.39 is 38.8 Å². The molecule has 9 heteroatoms. The van der Waals surface area contributed by atoms with E-state index in [1.807, 2.05) is 0 Å². The van der Waals surface area contributed by atoms with Crippen molar-refractivity contribution in [3.8, 4) is 5.75 Å². The zero-order valence-electron chi connectivity index (χ0n) is 14.2. The molecule has 2 aromatic rings. The number of fused-ring (bicyclic) bond motifs is 1. The van der Waals surface area contributed by atoms with E-state index in [4.69, 9.17) is 4.74 Å². The van der Waals surface area contributed by atoms with Crippen molar-refractivity contribution in [2.75, 3.05) is 0 Å². The third-order valence-corrected chi connectivity index (χ3v) is 4.97. The van der Waals surface area contributed by atoms with E-state index in [1.165, 1.54) is 37.3 Å². The number of carbonyl (C=O) groups excluding carboxylic acids is 3. The fourth-order valence-electron chi connectivity index (χ4n) is 2.85. The predicted molar refractivity (Wildman–Crippen MR) is 92.9 cm³/mol. The Balaban J connectivity index is 1.75. The molecule has 1 N–H and O–H groups in total. The van der Waals surface area contributed by atoms with Crippen molar-refractivity contribution < 1.29 is 32.1 Å². The van der Waals surface area contributed by atoms with Gasteiger partial charge in [-0.05, 0) is 31.2 Å². The van der Waals surface area contributed by atoms with E-state index in [0.717, 1.165) is 11.0 Å². The molecule has 0 saturated carbocycles. The molecule has 0 radical (unpaired) electrons. The number of imide groups is 1. The second-order valence-corrected chi connectivity index (χ2v) is 7.36. The lowest BCUT2D eigenvalue weighted by Crippen LogP contribution is -2.39. The molecule has 1 unspecified atom stereocenters. The number of hydrogen-bond donors (Lipinski definition) is 1. The Morgan fingerprint density at radius 3 is 2.11 bits per heavy atom. The number of nitrogens with zero attached hydrogens (tertiary/aromatic N) is 1. The number of rotatable bonds is 5. The highest BCUT2D eigenvalue weighted by molar-refractivity contribution is 7.86. The van der Waals surface area contributed by atoms with E-state index in [9.17, 15) is 27.4 Å². The van der Waals surface area contributed by atoms with E-state index in [0.29, 0.717) is 0 Å². The quantitative estimate of drug-likeness (QED) is 0.359. The topological polar surface area (TPSA) is 118 Å². The summed E-state index contributed by atoms with van der Waals surface area (Å²) in [6, 6.07) is 10.6. The first kappa shape index (κ1) is 18.7. The Bertz CT molecular complexity index is 1010. The maximum absolute atomic E-state index is 12.4. The monoisotopic (exact) mass is 389 g/mol. The Labute approximate surface area is 155 Å². The molecule has 0 spiro atoms. The molecule has 2 amide bonds.